The summed E-state index contributed by atoms with van der Waals surface area (Å²) >= 11 is 0. The highest BCUT2D eigenvalue weighted by atomic mass is 16.5. The van der Waals surface area contributed by atoms with Gasteiger partial charge in [0.05, 0.1) is 13.0 Å². The number of methoxy groups -OCH3 is 1. The van der Waals surface area contributed by atoms with Crippen molar-refractivity contribution in [3.05, 3.63) is 0 Å². The zero-order valence-corrected chi connectivity index (χ0v) is 15.5. The van der Waals surface area contributed by atoms with Gasteiger partial charge in [0.15, 0.2) is 0 Å². The Hall–Kier alpha value is -0.860. The number of hydrogen-bond donors (Lipinski definition) is 0. The van der Waals surface area contributed by atoms with Gasteiger partial charge in [-0.15, -0.1) is 0 Å². The summed E-state index contributed by atoms with van der Waals surface area (Å²) in [7, 11) is 1.54. The van der Waals surface area contributed by atoms with Gasteiger partial charge in [-0.3, -0.25) is 4.79 Å². The molecule has 0 amide bonds. The molecule has 4 aliphatic carbocycles. The Morgan fingerprint density at radius 2 is 1.83 bits per heavy atom. The number of rotatable bonds is 2. The first-order valence-corrected chi connectivity index (χ1v) is 9.93. The van der Waals surface area contributed by atoms with Gasteiger partial charge in [0.1, 0.15) is 6.29 Å². The molecule has 0 aromatic carbocycles. The Bertz CT molecular complexity index is 557. The van der Waals surface area contributed by atoms with Crippen molar-refractivity contribution in [2.45, 2.75) is 71.6 Å². The molecule has 3 nitrogen and oxygen atoms in total. The van der Waals surface area contributed by atoms with Crippen LogP contribution in [0.2, 0.25) is 0 Å². The summed E-state index contributed by atoms with van der Waals surface area (Å²) in [4.78, 5) is 24.2. The van der Waals surface area contributed by atoms with Crippen molar-refractivity contribution in [3.63, 3.8) is 0 Å². The first kappa shape index (κ1) is 16.6. The Labute approximate surface area is 145 Å². The second-order valence-corrected chi connectivity index (χ2v) is 9.86. The molecule has 0 aromatic heterocycles. The molecular weight excluding hydrogens is 300 g/mol. The molecule has 0 heterocycles. The van der Waals surface area contributed by atoms with Gasteiger partial charge in [0.25, 0.3) is 0 Å². The lowest BCUT2D eigenvalue weighted by Gasteiger charge is -2.63. The number of aldehydes is 1. The molecule has 4 fully saturated rings. The molecule has 4 aliphatic rings. The summed E-state index contributed by atoms with van der Waals surface area (Å²) in [5.74, 6) is 1.90. The van der Waals surface area contributed by atoms with Gasteiger partial charge in [-0.25, -0.2) is 0 Å². The number of ether oxygens (including phenoxy) is 1. The summed E-state index contributed by atoms with van der Waals surface area (Å²) in [6.45, 7) is 4.69. The Balaban J connectivity index is 1.68. The lowest BCUT2D eigenvalue weighted by Crippen LogP contribution is -2.56. The van der Waals surface area contributed by atoms with Gasteiger partial charge < -0.3 is 9.53 Å². The van der Waals surface area contributed by atoms with Crippen molar-refractivity contribution < 1.29 is 14.3 Å². The van der Waals surface area contributed by atoms with Crippen molar-refractivity contribution in [3.8, 4) is 0 Å². The second-order valence-electron chi connectivity index (χ2n) is 9.86. The lowest BCUT2D eigenvalue weighted by molar-refractivity contribution is -0.157. The van der Waals surface area contributed by atoms with E-state index in [4.69, 9.17) is 4.74 Å². The van der Waals surface area contributed by atoms with Crippen LogP contribution in [0.1, 0.15) is 71.6 Å². The van der Waals surface area contributed by atoms with E-state index in [0.717, 1.165) is 12.8 Å². The largest absolute Gasteiger partial charge is 0.469 e. The summed E-state index contributed by atoms with van der Waals surface area (Å²) in [5, 5.41) is 0. The van der Waals surface area contributed by atoms with Crippen molar-refractivity contribution >= 4 is 12.3 Å². The summed E-state index contributed by atoms with van der Waals surface area (Å²) in [6.07, 6.45) is 11.8. The molecule has 24 heavy (non-hydrogen) atoms. The highest BCUT2D eigenvalue weighted by molar-refractivity contribution is 5.73. The van der Waals surface area contributed by atoms with E-state index < -0.39 is 0 Å². The third kappa shape index (κ3) is 2.02. The molecule has 0 radical (unpaired) electrons. The fraction of sp³-hybridized carbons (Fsp3) is 0.905. The number of esters is 1. The summed E-state index contributed by atoms with van der Waals surface area (Å²) in [6, 6.07) is 0. The van der Waals surface area contributed by atoms with Crippen LogP contribution in [0.4, 0.5) is 0 Å². The van der Waals surface area contributed by atoms with Crippen LogP contribution in [-0.4, -0.2) is 19.4 Å². The number of carbonyl (C=O) groups excluding carboxylic acids is 2. The predicted octanol–water partition coefficient (Wildman–Crippen LogP) is 4.39. The second kappa shape index (κ2) is 5.32. The van der Waals surface area contributed by atoms with Crippen LogP contribution in [0.3, 0.4) is 0 Å². The standard InChI is InChI=1S/C21H32O3/c1-19(13-22)8-4-9-20(2)16(19)7-10-21-11-14(5-6-17(20)21)15(12-21)18(23)24-3/h13-17H,4-12H2,1-3H3/t14-,15-,16+,17-,19-,20+,21-/m0/s1. The van der Waals surface area contributed by atoms with E-state index in [1.54, 1.807) is 0 Å². The highest BCUT2D eigenvalue weighted by Crippen LogP contribution is 2.72. The molecule has 134 valence electrons. The molecule has 2 bridgehead atoms. The highest BCUT2D eigenvalue weighted by Gasteiger charge is 2.65. The van der Waals surface area contributed by atoms with Crippen molar-refractivity contribution in [2.24, 2.45) is 39.9 Å². The molecule has 1 spiro atoms. The maximum atomic E-state index is 12.3. The Morgan fingerprint density at radius 3 is 2.54 bits per heavy atom. The fourth-order valence-electron chi connectivity index (χ4n) is 8.06. The molecule has 0 aromatic rings. The van der Waals surface area contributed by atoms with Gasteiger partial charge >= 0.3 is 5.97 Å². The normalized spacial score (nSPS) is 53.0. The first-order chi connectivity index (χ1) is 11.4. The predicted molar refractivity (Wildman–Crippen MR) is 92.2 cm³/mol. The van der Waals surface area contributed by atoms with Crippen LogP contribution in [0, 0.1) is 39.9 Å². The van der Waals surface area contributed by atoms with Crippen molar-refractivity contribution in [1.82, 2.24) is 0 Å². The monoisotopic (exact) mass is 332 g/mol. The third-order valence-electron chi connectivity index (χ3n) is 8.95. The van der Waals surface area contributed by atoms with E-state index in [0.29, 0.717) is 23.2 Å². The number of carbonyl (C=O) groups is 2. The molecule has 0 unspecified atom stereocenters. The van der Waals surface area contributed by atoms with Gasteiger partial charge in [-0.2, -0.15) is 0 Å². The van der Waals surface area contributed by atoms with Crippen LogP contribution < -0.4 is 0 Å². The van der Waals surface area contributed by atoms with Crippen molar-refractivity contribution in [1.29, 1.82) is 0 Å². The third-order valence-corrected chi connectivity index (χ3v) is 8.95. The van der Waals surface area contributed by atoms with E-state index in [9.17, 15) is 9.59 Å². The van der Waals surface area contributed by atoms with E-state index in [1.165, 1.54) is 58.3 Å². The summed E-state index contributed by atoms with van der Waals surface area (Å²) in [5.41, 5.74) is 0.488. The minimum absolute atomic E-state index is 0.0196. The minimum Gasteiger partial charge on any atom is -0.469 e. The van der Waals surface area contributed by atoms with Gasteiger partial charge in [-0.1, -0.05) is 20.3 Å². The number of hydrogen-bond acceptors (Lipinski definition) is 3. The van der Waals surface area contributed by atoms with Gasteiger partial charge in [-0.05, 0) is 80.0 Å². The molecule has 0 N–H and O–H groups in total. The van der Waals surface area contributed by atoms with E-state index in [2.05, 4.69) is 13.8 Å². The lowest BCUT2D eigenvalue weighted by atomic mass is 9.41. The van der Waals surface area contributed by atoms with Crippen LogP contribution in [0.5, 0.6) is 0 Å². The molecular formula is C21H32O3. The van der Waals surface area contributed by atoms with E-state index >= 15 is 0 Å². The molecule has 4 rings (SSSR count). The zero-order valence-electron chi connectivity index (χ0n) is 15.5. The van der Waals surface area contributed by atoms with E-state index in [-0.39, 0.29) is 22.7 Å². The molecule has 4 saturated carbocycles. The van der Waals surface area contributed by atoms with E-state index in [1.807, 2.05) is 0 Å². The fourth-order valence-corrected chi connectivity index (χ4v) is 8.06. The van der Waals surface area contributed by atoms with Crippen LogP contribution in [-0.2, 0) is 14.3 Å². The Kier molecular flexibility index (Phi) is 3.68. The molecule has 0 saturated heterocycles. The SMILES string of the molecule is COC(=O)[C@H]1C[C@@]23CC[C@H]4[C@@](C)(CCC[C@@]4(C)C=O)[C@@H]2CC[C@H]1C3. The molecule has 3 heteroatoms. The first-order valence-electron chi connectivity index (χ1n) is 9.93. The Morgan fingerprint density at radius 1 is 1.04 bits per heavy atom. The van der Waals surface area contributed by atoms with Crippen LogP contribution in [0.15, 0.2) is 0 Å². The maximum Gasteiger partial charge on any atom is 0.308 e. The maximum absolute atomic E-state index is 12.3. The minimum atomic E-state index is -0.133. The summed E-state index contributed by atoms with van der Waals surface area (Å²) < 4.78 is 5.12. The van der Waals surface area contributed by atoms with Gasteiger partial charge in [0.2, 0.25) is 0 Å². The smallest absolute Gasteiger partial charge is 0.308 e. The number of fused-ring (bicyclic) bond motifs is 3. The van der Waals surface area contributed by atoms with Gasteiger partial charge in [0, 0.05) is 5.41 Å². The molecule has 0 aliphatic heterocycles. The topological polar surface area (TPSA) is 43.4 Å². The van der Waals surface area contributed by atoms with Crippen molar-refractivity contribution in [2.75, 3.05) is 7.11 Å². The van der Waals surface area contributed by atoms with Crippen LogP contribution >= 0.6 is 0 Å². The molecule has 7 atom stereocenters. The quantitative estimate of drug-likeness (QED) is 0.556. The van der Waals surface area contributed by atoms with Crippen LogP contribution in [0.25, 0.3) is 0 Å². The average molecular weight is 332 g/mol. The zero-order chi connectivity index (χ0) is 17.2. The average Bonchev–Trinajstić information content (AvgIpc) is 2.84.